The summed E-state index contributed by atoms with van der Waals surface area (Å²) in [7, 11) is 0. The fourth-order valence-electron chi connectivity index (χ4n) is 2.54. The largest absolute Gasteiger partial charge is 0.508 e. The molecular formula is C21H26N2O4S. The molecule has 2 rings (SSSR count). The van der Waals surface area contributed by atoms with Crippen LogP contribution < -0.4 is 11.1 Å². The monoisotopic (exact) mass is 402 g/mol. The predicted octanol–water partition coefficient (Wildman–Crippen LogP) is 2.24. The number of hydrogen-bond donors (Lipinski definition) is 3. The minimum Gasteiger partial charge on any atom is -0.508 e. The molecule has 28 heavy (non-hydrogen) atoms. The smallest absolute Gasteiger partial charge is 0.329 e. The molecule has 4 N–H and O–H groups in total. The standard InChI is InChI=1S/C21H26N2O4S/c1-2-27-21(26)19(14-28-13-16-6-4-3-5-7-16)23-20(25)18(22)12-15-8-10-17(24)11-9-15/h3-11,18-19,24H,2,12-14,22H2,1H3,(H,23,25). The predicted molar refractivity (Wildman–Crippen MR) is 111 cm³/mol. The van der Waals surface area contributed by atoms with E-state index in [4.69, 9.17) is 10.5 Å². The molecule has 0 aliphatic rings. The summed E-state index contributed by atoms with van der Waals surface area (Å²) in [6.45, 7) is 1.97. The Balaban J connectivity index is 1.91. The topological polar surface area (TPSA) is 102 Å². The second-order valence-electron chi connectivity index (χ2n) is 6.29. The van der Waals surface area contributed by atoms with E-state index in [0.29, 0.717) is 12.2 Å². The van der Waals surface area contributed by atoms with Gasteiger partial charge in [-0.15, -0.1) is 0 Å². The SMILES string of the molecule is CCOC(=O)C(CSCc1ccccc1)NC(=O)C(N)Cc1ccc(O)cc1. The highest BCUT2D eigenvalue weighted by Crippen LogP contribution is 2.14. The zero-order valence-corrected chi connectivity index (χ0v) is 16.7. The number of hydrogen-bond acceptors (Lipinski definition) is 6. The summed E-state index contributed by atoms with van der Waals surface area (Å²) in [6.07, 6.45) is 0.304. The van der Waals surface area contributed by atoms with E-state index in [2.05, 4.69) is 5.32 Å². The number of phenols is 1. The zero-order chi connectivity index (χ0) is 20.4. The summed E-state index contributed by atoms with van der Waals surface area (Å²) in [6, 6.07) is 14.8. The van der Waals surface area contributed by atoms with Crippen molar-refractivity contribution in [2.45, 2.75) is 31.2 Å². The molecule has 0 aliphatic heterocycles. The van der Waals surface area contributed by atoms with E-state index in [1.807, 2.05) is 30.3 Å². The fourth-order valence-corrected chi connectivity index (χ4v) is 3.54. The lowest BCUT2D eigenvalue weighted by atomic mass is 10.1. The van der Waals surface area contributed by atoms with E-state index in [9.17, 15) is 14.7 Å². The molecule has 0 spiro atoms. The third-order valence-electron chi connectivity index (χ3n) is 4.01. The van der Waals surface area contributed by atoms with Crippen molar-refractivity contribution in [2.75, 3.05) is 12.4 Å². The molecule has 1 amide bonds. The molecular weight excluding hydrogens is 376 g/mol. The summed E-state index contributed by atoms with van der Waals surface area (Å²) < 4.78 is 5.08. The maximum absolute atomic E-state index is 12.5. The third-order valence-corrected chi connectivity index (χ3v) is 5.12. The van der Waals surface area contributed by atoms with E-state index < -0.39 is 24.0 Å². The van der Waals surface area contributed by atoms with Crippen LogP contribution in [0.3, 0.4) is 0 Å². The van der Waals surface area contributed by atoms with Gasteiger partial charge < -0.3 is 20.9 Å². The highest BCUT2D eigenvalue weighted by Gasteiger charge is 2.25. The number of carbonyl (C=O) groups excluding carboxylic acids is 2. The van der Waals surface area contributed by atoms with Gasteiger partial charge in [0.2, 0.25) is 5.91 Å². The molecule has 2 aromatic rings. The Hall–Kier alpha value is -2.51. The Bertz CT molecular complexity index is 753. The van der Waals surface area contributed by atoms with Crippen molar-refractivity contribution in [1.82, 2.24) is 5.32 Å². The first-order valence-electron chi connectivity index (χ1n) is 9.11. The van der Waals surface area contributed by atoms with Crippen LogP contribution in [0.1, 0.15) is 18.1 Å². The van der Waals surface area contributed by atoms with Crippen molar-refractivity contribution in [1.29, 1.82) is 0 Å². The Morgan fingerprint density at radius 1 is 1.11 bits per heavy atom. The molecule has 0 bridgehead atoms. The van der Waals surface area contributed by atoms with Crippen molar-refractivity contribution in [3.05, 3.63) is 65.7 Å². The molecule has 150 valence electrons. The van der Waals surface area contributed by atoms with Gasteiger partial charge in [-0.25, -0.2) is 4.79 Å². The van der Waals surface area contributed by atoms with Crippen LogP contribution in [0.5, 0.6) is 5.75 Å². The first-order chi connectivity index (χ1) is 13.5. The van der Waals surface area contributed by atoms with Gasteiger partial charge in [-0.2, -0.15) is 11.8 Å². The van der Waals surface area contributed by atoms with Crippen LogP contribution in [0.2, 0.25) is 0 Å². The highest BCUT2D eigenvalue weighted by atomic mass is 32.2. The number of ether oxygens (including phenoxy) is 1. The molecule has 0 saturated heterocycles. The van der Waals surface area contributed by atoms with Gasteiger partial charge in [0.05, 0.1) is 12.6 Å². The molecule has 6 nitrogen and oxygen atoms in total. The van der Waals surface area contributed by atoms with E-state index in [-0.39, 0.29) is 12.4 Å². The van der Waals surface area contributed by atoms with Gasteiger partial charge in [-0.1, -0.05) is 42.5 Å². The summed E-state index contributed by atoms with van der Waals surface area (Å²) in [5.74, 6) is 0.400. The van der Waals surface area contributed by atoms with Crippen molar-refractivity contribution < 1.29 is 19.4 Å². The Morgan fingerprint density at radius 2 is 1.79 bits per heavy atom. The zero-order valence-electron chi connectivity index (χ0n) is 15.8. The normalized spacial score (nSPS) is 12.8. The van der Waals surface area contributed by atoms with Crippen LogP contribution >= 0.6 is 11.8 Å². The number of phenolic OH excluding ortho intramolecular Hbond substituents is 1. The molecule has 2 unspecified atom stereocenters. The van der Waals surface area contributed by atoms with E-state index >= 15 is 0 Å². The summed E-state index contributed by atoms with van der Waals surface area (Å²) in [5, 5.41) is 12.0. The molecule has 2 atom stereocenters. The van der Waals surface area contributed by atoms with Gasteiger partial charge >= 0.3 is 5.97 Å². The van der Waals surface area contributed by atoms with Crippen molar-refractivity contribution in [2.24, 2.45) is 5.73 Å². The molecule has 0 heterocycles. The van der Waals surface area contributed by atoms with Crippen molar-refractivity contribution >= 4 is 23.6 Å². The molecule has 2 aromatic carbocycles. The van der Waals surface area contributed by atoms with Crippen LogP contribution in [0.25, 0.3) is 0 Å². The number of esters is 1. The number of thioether (sulfide) groups is 1. The molecule has 0 saturated carbocycles. The first kappa shape index (κ1) is 21.8. The summed E-state index contributed by atoms with van der Waals surface area (Å²) in [5.41, 5.74) is 7.97. The average Bonchev–Trinajstić information content (AvgIpc) is 2.69. The quantitative estimate of drug-likeness (QED) is 0.527. The second kappa shape index (κ2) is 11.4. The molecule has 7 heteroatoms. The summed E-state index contributed by atoms with van der Waals surface area (Å²) in [4.78, 5) is 24.7. The van der Waals surface area contributed by atoms with Gasteiger partial charge in [0, 0.05) is 11.5 Å². The van der Waals surface area contributed by atoms with E-state index in [1.54, 1.807) is 43.0 Å². The maximum Gasteiger partial charge on any atom is 0.329 e. The Morgan fingerprint density at radius 3 is 2.43 bits per heavy atom. The highest BCUT2D eigenvalue weighted by molar-refractivity contribution is 7.98. The van der Waals surface area contributed by atoms with Crippen LogP contribution in [-0.4, -0.2) is 41.4 Å². The van der Waals surface area contributed by atoms with Crippen LogP contribution in [0.15, 0.2) is 54.6 Å². The van der Waals surface area contributed by atoms with Gasteiger partial charge in [-0.3, -0.25) is 4.79 Å². The van der Waals surface area contributed by atoms with Crippen molar-refractivity contribution in [3.63, 3.8) is 0 Å². The van der Waals surface area contributed by atoms with Gasteiger partial charge in [0.25, 0.3) is 0 Å². The van der Waals surface area contributed by atoms with E-state index in [1.165, 1.54) is 0 Å². The molecule has 0 aliphatic carbocycles. The minimum absolute atomic E-state index is 0.152. The van der Waals surface area contributed by atoms with Crippen LogP contribution in [0.4, 0.5) is 0 Å². The van der Waals surface area contributed by atoms with Crippen LogP contribution in [-0.2, 0) is 26.5 Å². The lowest BCUT2D eigenvalue weighted by Gasteiger charge is -2.19. The van der Waals surface area contributed by atoms with E-state index in [0.717, 1.165) is 16.9 Å². The number of amides is 1. The lowest BCUT2D eigenvalue weighted by molar-refractivity contribution is -0.146. The number of aromatic hydroxyl groups is 1. The lowest BCUT2D eigenvalue weighted by Crippen LogP contribution is -2.50. The Labute approximate surface area is 169 Å². The number of benzene rings is 2. The van der Waals surface area contributed by atoms with Gasteiger partial charge in [-0.05, 0) is 36.6 Å². The third kappa shape index (κ3) is 7.25. The molecule has 0 fully saturated rings. The Kier molecular flexibility index (Phi) is 8.84. The minimum atomic E-state index is -0.805. The average molecular weight is 403 g/mol. The number of carbonyl (C=O) groups is 2. The van der Waals surface area contributed by atoms with Gasteiger partial charge in [0.1, 0.15) is 11.8 Å². The van der Waals surface area contributed by atoms with Gasteiger partial charge in [0.15, 0.2) is 0 Å². The second-order valence-corrected chi connectivity index (χ2v) is 7.32. The fraction of sp³-hybridized carbons (Fsp3) is 0.333. The number of rotatable bonds is 10. The molecule has 0 radical (unpaired) electrons. The number of nitrogens with one attached hydrogen (secondary N) is 1. The van der Waals surface area contributed by atoms with Crippen LogP contribution in [0, 0.1) is 0 Å². The summed E-state index contributed by atoms with van der Waals surface area (Å²) >= 11 is 1.54. The first-order valence-corrected chi connectivity index (χ1v) is 10.3. The molecule has 0 aromatic heterocycles. The van der Waals surface area contributed by atoms with Crippen molar-refractivity contribution in [3.8, 4) is 5.75 Å². The number of nitrogens with two attached hydrogens (primary N) is 1. The maximum atomic E-state index is 12.5.